The number of aromatic nitrogens is 2. The van der Waals surface area contributed by atoms with Crippen LogP contribution in [-0.4, -0.2) is 54.5 Å². The van der Waals surface area contributed by atoms with Crippen LogP contribution in [-0.2, 0) is 0 Å². The average Bonchev–Trinajstić information content (AvgIpc) is 2.82. The Kier molecular flexibility index (Phi) is 4.09. The molecule has 6 heteroatoms. The predicted octanol–water partition coefficient (Wildman–Crippen LogP) is 0.200. The van der Waals surface area contributed by atoms with Crippen molar-refractivity contribution in [2.45, 2.75) is 6.42 Å². The van der Waals surface area contributed by atoms with Gasteiger partial charge in [0.05, 0.1) is 12.4 Å². The minimum atomic E-state index is -0.158. The molecule has 0 saturated carbocycles. The summed E-state index contributed by atoms with van der Waals surface area (Å²) in [6.07, 6.45) is 4.21. The molecule has 1 amide bonds. The number of rotatable bonds is 4. The topological polar surface area (TPSA) is 70.2 Å². The first-order chi connectivity index (χ1) is 8.69. The Morgan fingerprint density at radius 2 is 2.39 bits per heavy atom. The number of carbonyl (C=O) groups excluding carboxylic acids is 1. The lowest BCUT2D eigenvalue weighted by Gasteiger charge is -2.11. The molecule has 0 radical (unpaired) electrons. The standard InChI is InChI=1S/C12H19N5O/c1-13-11-7-14-6-10(16-11)12(18)15-5-9-3-4-17(2)8-9/h6-7,9H,3-5,8H2,1-2H3,(H,13,16)(H,15,18). The quantitative estimate of drug-likeness (QED) is 0.797. The SMILES string of the molecule is CNc1cncc(C(=O)NCC2CCN(C)C2)n1. The summed E-state index contributed by atoms with van der Waals surface area (Å²) in [5.74, 6) is 0.983. The Bertz CT molecular complexity index is 423. The maximum Gasteiger partial charge on any atom is 0.271 e. The van der Waals surface area contributed by atoms with Crippen molar-refractivity contribution in [2.75, 3.05) is 39.0 Å². The van der Waals surface area contributed by atoms with Gasteiger partial charge in [0.2, 0.25) is 0 Å². The molecule has 6 nitrogen and oxygen atoms in total. The van der Waals surface area contributed by atoms with Crippen molar-refractivity contribution in [2.24, 2.45) is 5.92 Å². The molecule has 1 saturated heterocycles. The van der Waals surface area contributed by atoms with E-state index in [2.05, 4.69) is 32.5 Å². The number of hydrogen-bond donors (Lipinski definition) is 2. The van der Waals surface area contributed by atoms with E-state index in [1.807, 2.05) is 0 Å². The highest BCUT2D eigenvalue weighted by Crippen LogP contribution is 2.13. The van der Waals surface area contributed by atoms with Crippen LogP contribution in [0.2, 0.25) is 0 Å². The molecular weight excluding hydrogens is 230 g/mol. The van der Waals surface area contributed by atoms with Crippen molar-refractivity contribution in [1.82, 2.24) is 20.2 Å². The number of amides is 1. The molecule has 1 aromatic rings. The normalized spacial score (nSPS) is 19.8. The molecule has 1 aliphatic rings. The van der Waals surface area contributed by atoms with E-state index in [4.69, 9.17) is 0 Å². The molecule has 2 rings (SSSR count). The van der Waals surface area contributed by atoms with Crippen molar-refractivity contribution in [3.8, 4) is 0 Å². The lowest BCUT2D eigenvalue weighted by molar-refractivity contribution is 0.0942. The fourth-order valence-electron chi connectivity index (χ4n) is 2.12. The van der Waals surface area contributed by atoms with E-state index in [1.165, 1.54) is 6.20 Å². The van der Waals surface area contributed by atoms with Crippen LogP contribution < -0.4 is 10.6 Å². The van der Waals surface area contributed by atoms with Gasteiger partial charge in [-0.05, 0) is 25.9 Å². The predicted molar refractivity (Wildman–Crippen MR) is 69.5 cm³/mol. The van der Waals surface area contributed by atoms with Gasteiger partial charge in [-0.15, -0.1) is 0 Å². The summed E-state index contributed by atoms with van der Waals surface area (Å²) in [5.41, 5.74) is 0.355. The summed E-state index contributed by atoms with van der Waals surface area (Å²) in [5, 5.41) is 5.78. The first-order valence-corrected chi connectivity index (χ1v) is 6.15. The van der Waals surface area contributed by atoms with E-state index in [9.17, 15) is 4.79 Å². The Labute approximate surface area is 107 Å². The second kappa shape index (κ2) is 5.77. The van der Waals surface area contributed by atoms with Gasteiger partial charge in [0.15, 0.2) is 0 Å². The third kappa shape index (κ3) is 3.16. The molecule has 1 fully saturated rings. The first kappa shape index (κ1) is 12.8. The van der Waals surface area contributed by atoms with Crippen molar-refractivity contribution in [3.63, 3.8) is 0 Å². The summed E-state index contributed by atoms with van der Waals surface area (Å²) in [6, 6.07) is 0. The van der Waals surface area contributed by atoms with E-state index >= 15 is 0 Å². The average molecular weight is 249 g/mol. The van der Waals surface area contributed by atoms with Gasteiger partial charge in [0, 0.05) is 20.1 Å². The molecule has 0 aromatic carbocycles. The van der Waals surface area contributed by atoms with Crippen LogP contribution in [0.3, 0.4) is 0 Å². The van der Waals surface area contributed by atoms with Gasteiger partial charge in [0.25, 0.3) is 5.91 Å². The molecule has 1 aromatic heterocycles. The van der Waals surface area contributed by atoms with E-state index in [1.54, 1.807) is 13.2 Å². The Hall–Kier alpha value is -1.69. The summed E-state index contributed by atoms with van der Waals surface area (Å²) in [6.45, 7) is 2.85. The summed E-state index contributed by atoms with van der Waals surface area (Å²) >= 11 is 0. The fourth-order valence-corrected chi connectivity index (χ4v) is 2.12. The highest BCUT2D eigenvalue weighted by atomic mass is 16.1. The van der Waals surface area contributed by atoms with Crippen molar-refractivity contribution < 1.29 is 4.79 Å². The van der Waals surface area contributed by atoms with Crippen LogP contribution in [0.5, 0.6) is 0 Å². The van der Waals surface area contributed by atoms with Crippen molar-refractivity contribution in [1.29, 1.82) is 0 Å². The second-order valence-corrected chi connectivity index (χ2v) is 4.67. The zero-order valence-corrected chi connectivity index (χ0v) is 10.8. The van der Waals surface area contributed by atoms with Gasteiger partial charge in [-0.2, -0.15) is 0 Å². The van der Waals surface area contributed by atoms with Crippen LogP contribution in [0.25, 0.3) is 0 Å². The van der Waals surface area contributed by atoms with E-state index in [0.29, 0.717) is 24.0 Å². The van der Waals surface area contributed by atoms with Gasteiger partial charge in [-0.1, -0.05) is 0 Å². The Morgan fingerprint density at radius 1 is 1.56 bits per heavy atom. The molecule has 98 valence electrons. The summed E-state index contributed by atoms with van der Waals surface area (Å²) in [7, 11) is 3.85. The number of anilines is 1. The molecule has 0 spiro atoms. The molecule has 1 atom stereocenters. The van der Waals surface area contributed by atoms with Crippen LogP contribution >= 0.6 is 0 Å². The van der Waals surface area contributed by atoms with Gasteiger partial charge >= 0.3 is 0 Å². The lowest BCUT2D eigenvalue weighted by Crippen LogP contribution is -2.31. The minimum absolute atomic E-state index is 0.158. The molecular formula is C12H19N5O. The van der Waals surface area contributed by atoms with Crippen LogP contribution in [0.4, 0.5) is 5.82 Å². The Morgan fingerprint density at radius 3 is 3.06 bits per heavy atom. The maximum atomic E-state index is 11.9. The van der Waals surface area contributed by atoms with Gasteiger partial charge < -0.3 is 15.5 Å². The number of nitrogens with zero attached hydrogens (tertiary/aromatic N) is 3. The van der Waals surface area contributed by atoms with E-state index < -0.39 is 0 Å². The Balaban J connectivity index is 1.87. The maximum absolute atomic E-state index is 11.9. The number of hydrogen-bond acceptors (Lipinski definition) is 5. The summed E-state index contributed by atoms with van der Waals surface area (Å²) < 4.78 is 0. The molecule has 2 N–H and O–H groups in total. The lowest BCUT2D eigenvalue weighted by atomic mass is 10.1. The monoisotopic (exact) mass is 249 g/mol. The molecule has 2 heterocycles. The molecule has 0 aliphatic carbocycles. The van der Waals surface area contributed by atoms with Crippen molar-refractivity contribution in [3.05, 3.63) is 18.1 Å². The van der Waals surface area contributed by atoms with Crippen molar-refractivity contribution >= 4 is 11.7 Å². The number of likely N-dealkylation sites (tertiary alicyclic amines) is 1. The smallest absolute Gasteiger partial charge is 0.271 e. The largest absolute Gasteiger partial charge is 0.372 e. The second-order valence-electron chi connectivity index (χ2n) is 4.67. The van der Waals surface area contributed by atoms with Gasteiger partial charge in [0.1, 0.15) is 11.5 Å². The highest BCUT2D eigenvalue weighted by Gasteiger charge is 2.20. The van der Waals surface area contributed by atoms with Gasteiger partial charge in [-0.3, -0.25) is 9.78 Å². The van der Waals surface area contributed by atoms with Crippen LogP contribution in [0.1, 0.15) is 16.9 Å². The summed E-state index contributed by atoms with van der Waals surface area (Å²) in [4.78, 5) is 22.3. The fraction of sp³-hybridized carbons (Fsp3) is 0.583. The molecule has 18 heavy (non-hydrogen) atoms. The zero-order valence-electron chi connectivity index (χ0n) is 10.8. The third-order valence-electron chi connectivity index (χ3n) is 3.16. The van der Waals surface area contributed by atoms with Crippen LogP contribution in [0, 0.1) is 5.92 Å². The first-order valence-electron chi connectivity index (χ1n) is 6.15. The van der Waals surface area contributed by atoms with E-state index in [-0.39, 0.29) is 5.91 Å². The molecule has 1 unspecified atom stereocenters. The third-order valence-corrected chi connectivity index (χ3v) is 3.16. The molecule has 0 bridgehead atoms. The van der Waals surface area contributed by atoms with E-state index in [0.717, 1.165) is 19.5 Å². The minimum Gasteiger partial charge on any atom is -0.372 e. The van der Waals surface area contributed by atoms with Gasteiger partial charge in [-0.25, -0.2) is 4.98 Å². The number of carbonyl (C=O) groups is 1. The number of nitrogens with one attached hydrogen (secondary N) is 2. The highest BCUT2D eigenvalue weighted by molar-refractivity contribution is 5.92. The molecule has 1 aliphatic heterocycles. The zero-order chi connectivity index (χ0) is 13.0. The van der Waals surface area contributed by atoms with Crippen LogP contribution in [0.15, 0.2) is 12.4 Å².